The number of aliphatic hydroxyl groups excluding tert-OH is 1. The summed E-state index contributed by atoms with van der Waals surface area (Å²) in [6.07, 6.45) is 6.27. The average molecular weight is 547 g/mol. The lowest BCUT2D eigenvalue weighted by Gasteiger charge is -2.33. The van der Waals surface area contributed by atoms with Gasteiger partial charge in [-0.05, 0) is 49.3 Å². The molecule has 2 fully saturated rings. The standard InChI is InChI=1S/C32H42N4O4/c1-40-15-7-14-35-20-26(29-10-5-6-11-30(29)35)21-36(28-12-13-28)32(39)25-17-24(18-33-19-25)31(38)34-27(22-37)16-23-8-3-2-4-9-23/h2-6,8-11,20,24-25,27-28,33,37H,7,12-19,21-22H2,1H3,(H,34,38)/t24-,25+,27-/m0/s1. The molecule has 0 radical (unpaired) electrons. The number of rotatable bonds is 13. The van der Waals surface area contributed by atoms with E-state index in [-0.39, 0.29) is 42.3 Å². The second-order valence-corrected chi connectivity index (χ2v) is 11.3. The lowest BCUT2D eigenvalue weighted by molar-refractivity contribution is -0.138. The van der Waals surface area contributed by atoms with Crippen molar-refractivity contribution in [3.8, 4) is 0 Å². The zero-order valence-electron chi connectivity index (χ0n) is 23.4. The van der Waals surface area contributed by atoms with Crippen molar-refractivity contribution in [2.75, 3.05) is 33.4 Å². The third-order valence-corrected chi connectivity index (χ3v) is 8.19. The van der Waals surface area contributed by atoms with Crippen molar-refractivity contribution in [3.05, 3.63) is 71.9 Å². The first-order valence-corrected chi connectivity index (χ1v) is 14.6. The van der Waals surface area contributed by atoms with Crippen LogP contribution in [0.2, 0.25) is 0 Å². The van der Waals surface area contributed by atoms with Crippen LogP contribution in [-0.4, -0.2) is 71.9 Å². The molecule has 1 aromatic heterocycles. The normalized spacial score (nSPS) is 19.9. The summed E-state index contributed by atoms with van der Waals surface area (Å²) in [6, 6.07) is 18.2. The van der Waals surface area contributed by atoms with Gasteiger partial charge in [-0.1, -0.05) is 48.5 Å². The largest absolute Gasteiger partial charge is 0.394 e. The monoisotopic (exact) mass is 546 g/mol. The Morgan fingerprint density at radius 2 is 1.85 bits per heavy atom. The van der Waals surface area contributed by atoms with E-state index in [1.165, 1.54) is 10.9 Å². The van der Waals surface area contributed by atoms with Crippen molar-refractivity contribution < 1.29 is 19.4 Å². The first kappa shape index (κ1) is 28.3. The van der Waals surface area contributed by atoms with Crippen molar-refractivity contribution in [3.63, 3.8) is 0 Å². The van der Waals surface area contributed by atoms with Crippen molar-refractivity contribution >= 4 is 22.7 Å². The Labute approximate surface area is 236 Å². The summed E-state index contributed by atoms with van der Waals surface area (Å²) < 4.78 is 7.52. The fourth-order valence-corrected chi connectivity index (χ4v) is 5.91. The predicted molar refractivity (Wildman–Crippen MR) is 156 cm³/mol. The first-order chi connectivity index (χ1) is 19.6. The number of piperidine rings is 1. The Morgan fingerprint density at radius 1 is 1.10 bits per heavy atom. The molecule has 1 aliphatic carbocycles. The minimum Gasteiger partial charge on any atom is -0.394 e. The molecule has 214 valence electrons. The van der Waals surface area contributed by atoms with Crippen LogP contribution in [0.3, 0.4) is 0 Å². The molecule has 40 heavy (non-hydrogen) atoms. The molecule has 0 unspecified atom stereocenters. The number of carbonyl (C=O) groups is 2. The SMILES string of the molecule is COCCCn1cc(CN(C(=O)[C@H]2CNC[C@@H](C(=O)N[C@H](CO)Cc3ccccc3)C2)C2CC2)c2ccccc21. The van der Waals surface area contributed by atoms with E-state index in [0.717, 1.165) is 36.9 Å². The van der Waals surface area contributed by atoms with Gasteiger partial charge < -0.3 is 29.9 Å². The molecule has 5 rings (SSSR count). The number of aromatic nitrogens is 1. The van der Waals surface area contributed by atoms with Crippen LogP contribution in [0.5, 0.6) is 0 Å². The van der Waals surface area contributed by atoms with E-state index < -0.39 is 0 Å². The summed E-state index contributed by atoms with van der Waals surface area (Å²) in [6.45, 7) is 3.16. The number of hydrogen-bond donors (Lipinski definition) is 3. The maximum atomic E-state index is 13.9. The molecule has 8 heteroatoms. The molecule has 8 nitrogen and oxygen atoms in total. The van der Waals surface area contributed by atoms with Gasteiger partial charge in [-0.15, -0.1) is 0 Å². The number of nitrogens with one attached hydrogen (secondary N) is 2. The van der Waals surface area contributed by atoms with E-state index in [1.54, 1.807) is 7.11 Å². The van der Waals surface area contributed by atoms with E-state index in [1.807, 2.05) is 30.3 Å². The van der Waals surface area contributed by atoms with E-state index in [4.69, 9.17) is 4.74 Å². The molecule has 2 heterocycles. The second kappa shape index (κ2) is 13.4. The van der Waals surface area contributed by atoms with E-state index in [9.17, 15) is 14.7 Å². The fourth-order valence-electron chi connectivity index (χ4n) is 5.91. The van der Waals surface area contributed by atoms with Gasteiger partial charge in [0.25, 0.3) is 0 Å². The predicted octanol–water partition coefficient (Wildman–Crippen LogP) is 3.11. The quantitative estimate of drug-likeness (QED) is 0.287. The van der Waals surface area contributed by atoms with Gasteiger partial charge >= 0.3 is 0 Å². The van der Waals surface area contributed by atoms with Gasteiger partial charge in [0.1, 0.15) is 0 Å². The maximum Gasteiger partial charge on any atom is 0.227 e. The highest BCUT2D eigenvalue weighted by Gasteiger charge is 2.39. The molecule has 2 amide bonds. The van der Waals surface area contributed by atoms with Crippen LogP contribution in [0.25, 0.3) is 10.9 Å². The number of ether oxygens (including phenoxy) is 1. The lowest BCUT2D eigenvalue weighted by atomic mass is 9.88. The van der Waals surface area contributed by atoms with E-state index >= 15 is 0 Å². The van der Waals surface area contributed by atoms with Crippen molar-refractivity contribution in [2.45, 2.75) is 57.3 Å². The molecule has 1 saturated heterocycles. The van der Waals surface area contributed by atoms with Crippen LogP contribution in [0.1, 0.15) is 36.8 Å². The number of hydrogen-bond acceptors (Lipinski definition) is 5. The Bertz CT molecular complexity index is 1270. The Balaban J connectivity index is 1.24. The van der Waals surface area contributed by atoms with E-state index in [2.05, 4.69) is 50.6 Å². The van der Waals surface area contributed by atoms with Crippen molar-refractivity contribution in [2.24, 2.45) is 11.8 Å². The molecule has 3 atom stereocenters. The summed E-state index contributed by atoms with van der Waals surface area (Å²) in [7, 11) is 1.72. The first-order valence-electron chi connectivity index (χ1n) is 14.6. The number of aliphatic hydroxyl groups is 1. The lowest BCUT2D eigenvalue weighted by Crippen LogP contribution is -2.51. The highest BCUT2D eigenvalue weighted by molar-refractivity contribution is 5.86. The minimum absolute atomic E-state index is 0.0999. The molecule has 0 spiro atoms. The zero-order valence-corrected chi connectivity index (χ0v) is 23.4. The smallest absolute Gasteiger partial charge is 0.227 e. The number of amides is 2. The van der Waals surface area contributed by atoms with Gasteiger partial charge in [0.15, 0.2) is 0 Å². The van der Waals surface area contributed by atoms with Crippen molar-refractivity contribution in [1.82, 2.24) is 20.1 Å². The number of benzene rings is 2. The highest BCUT2D eigenvalue weighted by Crippen LogP contribution is 2.33. The molecular weight excluding hydrogens is 504 g/mol. The topological polar surface area (TPSA) is 95.8 Å². The number of aryl methyl sites for hydroxylation is 1. The summed E-state index contributed by atoms with van der Waals surface area (Å²) in [4.78, 5) is 29.2. The van der Waals surface area contributed by atoms with Gasteiger partial charge in [-0.3, -0.25) is 9.59 Å². The van der Waals surface area contributed by atoms with Gasteiger partial charge in [0, 0.05) is 63.0 Å². The molecular formula is C32H42N4O4. The number of nitrogens with zero attached hydrogens (tertiary/aromatic N) is 2. The molecule has 3 N–H and O–H groups in total. The van der Waals surface area contributed by atoms with Gasteiger partial charge in [-0.2, -0.15) is 0 Å². The summed E-state index contributed by atoms with van der Waals surface area (Å²) >= 11 is 0. The second-order valence-electron chi connectivity index (χ2n) is 11.3. The Hall–Kier alpha value is -3.20. The summed E-state index contributed by atoms with van der Waals surface area (Å²) in [5, 5.41) is 17.4. The maximum absolute atomic E-state index is 13.9. The van der Waals surface area contributed by atoms with Gasteiger partial charge in [-0.25, -0.2) is 0 Å². The van der Waals surface area contributed by atoms with Crippen LogP contribution < -0.4 is 10.6 Å². The summed E-state index contributed by atoms with van der Waals surface area (Å²) in [5.41, 5.74) is 3.41. The fraction of sp³-hybridized carbons (Fsp3) is 0.500. The third kappa shape index (κ3) is 6.92. The molecule has 1 aliphatic heterocycles. The summed E-state index contributed by atoms with van der Waals surface area (Å²) in [5.74, 6) is -0.526. The molecule has 3 aromatic rings. The van der Waals surface area contributed by atoms with Crippen LogP contribution >= 0.6 is 0 Å². The zero-order chi connectivity index (χ0) is 27.9. The molecule has 0 bridgehead atoms. The number of carbonyl (C=O) groups excluding carboxylic acids is 2. The van der Waals surface area contributed by atoms with Crippen molar-refractivity contribution in [1.29, 1.82) is 0 Å². The van der Waals surface area contributed by atoms with Crippen LogP contribution in [-0.2, 0) is 33.8 Å². The van der Waals surface area contributed by atoms with E-state index in [0.29, 0.717) is 39.1 Å². The Morgan fingerprint density at radius 3 is 2.60 bits per heavy atom. The number of para-hydroxylation sites is 1. The third-order valence-electron chi connectivity index (χ3n) is 8.19. The minimum atomic E-state index is -0.352. The Kier molecular flexibility index (Phi) is 9.52. The van der Waals surface area contributed by atoms with Crippen LogP contribution in [0.15, 0.2) is 60.8 Å². The number of methoxy groups -OCH3 is 1. The molecule has 2 aromatic carbocycles. The van der Waals surface area contributed by atoms with Gasteiger partial charge in [0.2, 0.25) is 11.8 Å². The van der Waals surface area contributed by atoms with Crippen LogP contribution in [0.4, 0.5) is 0 Å². The van der Waals surface area contributed by atoms with Gasteiger partial charge in [0.05, 0.1) is 24.5 Å². The molecule has 2 aliphatic rings. The number of fused-ring (bicyclic) bond motifs is 1. The molecule has 1 saturated carbocycles. The highest BCUT2D eigenvalue weighted by atomic mass is 16.5. The average Bonchev–Trinajstić information content (AvgIpc) is 3.78. The van der Waals surface area contributed by atoms with Crippen LogP contribution in [0, 0.1) is 11.8 Å².